The van der Waals surface area contributed by atoms with Crippen LogP contribution in [0.2, 0.25) is 0 Å². The van der Waals surface area contributed by atoms with E-state index in [-0.39, 0.29) is 50.5 Å². The molecule has 5 rings (SSSR count). The Bertz CT molecular complexity index is 1240. The summed E-state index contributed by atoms with van der Waals surface area (Å²) in [5.41, 5.74) is 1.18. The van der Waals surface area contributed by atoms with Crippen molar-refractivity contribution in [2.24, 2.45) is 0 Å². The molecule has 2 aromatic carbocycles. The first-order valence-electron chi connectivity index (χ1n) is 11.2. The Morgan fingerprint density at radius 2 is 1.60 bits per heavy atom. The first-order chi connectivity index (χ1) is 17.0. The van der Waals surface area contributed by atoms with E-state index < -0.39 is 23.1 Å². The third-order valence-electron chi connectivity index (χ3n) is 6.32. The molecule has 11 heteroatoms. The lowest BCUT2D eigenvalue weighted by molar-refractivity contribution is -0.00204. The highest BCUT2D eigenvalue weighted by Gasteiger charge is 2.33. The number of amides is 2. The molecule has 1 aromatic heterocycles. The molecule has 3 heterocycles. The Morgan fingerprint density at radius 3 is 2.23 bits per heavy atom. The Balaban J connectivity index is 1.23. The SMILES string of the molecule is COc1ccc([C@H]2Cn3nnc(C(=O)N4CCN(C(=O)c5c(F)cccc5F)CC4)c3CO2)cc1. The number of rotatable bonds is 4. The number of hydrogen-bond acceptors (Lipinski definition) is 6. The van der Waals surface area contributed by atoms with Crippen LogP contribution in [-0.2, 0) is 17.9 Å². The molecule has 9 nitrogen and oxygen atoms in total. The molecule has 2 amide bonds. The molecule has 2 aliphatic rings. The smallest absolute Gasteiger partial charge is 0.276 e. The van der Waals surface area contributed by atoms with Crippen LogP contribution in [0.3, 0.4) is 0 Å². The summed E-state index contributed by atoms with van der Waals surface area (Å²) < 4.78 is 40.8. The van der Waals surface area contributed by atoms with Crippen molar-refractivity contribution >= 4 is 11.8 Å². The first kappa shape index (κ1) is 22.9. The number of carbonyl (C=O) groups excluding carboxylic acids is 2. The van der Waals surface area contributed by atoms with Gasteiger partial charge in [0.15, 0.2) is 5.69 Å². The maximum atomic E-state index is 14.0. The van der Waals surface area contributed by atoms with Crippen molar-refractivity contribution in [3.05, 3.63) is 76.6 Å². The van der Waals surface area contributed by atoms with Crippen molar-refractivity contribution < 1.29 is 27.8 Å². The maximum Gasteiger partial charge on any atom is 0.276 e. The summed E-state index contributed by atoms with van der Waals surface area (Å²) in [4.78, 5) is 28.6. The van der Waals surface area contributed by atoms with Crippen LogP contribution in [-0.4, -0.2) is 69.9 Å². The van der Waals surface area contributed by atoms with E-state index in [4.69, 9.17) is 9.47 Å². The number of nitrogens with zero attached hydrogens (tertiary/aromatic N) is 5. The van der Waals surface area contributed by atoms with E-state index >= 15 is 0 Å². The van der Waals surface area contributed by atoms with Gasteiger partial charge in [0.1, 0.15) is 29.1 Å². The molecule has 182 valence electrons. The lowest BCUT2D eigenvalue weighted by Crippen LogP contribution is -2.51. The van der Waals surface area contributed by atoms with Gasteiger partial charge in [0, 0.05) is 26.2 Å². The molecule has 2 aliphatic heterocycles. The molecule has 3 aromatic rings. The van der Waals surface area contributed by atoms with Crippen LogP contribution in [0.4, 0.5) is 8.78 Å². The third-order valence-corrected chi connectivity index (χ3v) is 6.32. The second kappa shape index (κ2) is 9.41. The molecule has 0 spiro atoms. The second-order valence-corrected chi connectivity index (χ2v) is 8.32. The van der Waals surface area contributed by atoms with Crippen LogP contribution in [0.15, 0.2) is 42.5 Å². The van der Waals surface area contributed by atoms with Crippen LogP contribution in [0.25, 0.3) is 0 Å². The number of aromatic nitrogens is 3. The molecule has 0 radical (unpaired) electrons. The summed E-state index contributed by atoms with van der Waals surface area (Å²) >= 11 is 0. The van der Waals surface area contributed by atoms with Crippen molar-refractivity contribution in [1.29, 1.82) is 0 Å². The zero-order valence-corrected chi connectivity index (χ0v) is 19.0. The Labute approximate surface area is 199 Å². The molecule has 0 aliphatic carbocycles. The van der Waals surface area contributed by atoms with Crippen molar-refractivity contribution in [3.8, 4) is 5.75 Å². The van der Waals surface area contributed by atoms with E-state index in [1.54, 1.807) is 16.7 Å². The number of piperazine rings is 1. The predicted molar refractivity (Wildman–Crippen MR) is 119 cm³/mol. The van der Waals surface area contributed by atoms with Crippen LogP contribution >= 0.6 is 0 Å². The molecule has 1 fully saturated rings. The van der Waals surface area contributed by atoms with Crippen molar-refractivity contribution in [2.75, 3.05) is 33.3 Å². The van der Waals surface area contributed by atoms with Crippen molar-refractivity contribution in [3.63, 3.8) is 0 Å². The van der Waals surface area contributed by atoms with Gasteiger partial charge in [0.25, 0.3) is 11.8 Å². The second-order valence-electron chi connectivity index (χ2n) is 8.32. The topological polar surface area (TPSA) is 89.8 Å². The van der Waals surface area contributed by atoms with Gasteiger partial charge in [0.2, 0.25) is 0 Å². The van der Waals surface area contributed by atoms with Crippen molar-refractivity contribution in [2.45, 2.75) is 19.3 Å². The molecule has 0 N–H and O–H groups in total. The molecular weight excluding hydrogens is 460 g/mol. The molecule has 1 saturated heterocycles. The first-order valence-corrected chi connectivity index (χ1v) is 11.2. The quantitative estimate of drug-likeness (QED) is 0.566. The molecule has 35 heavy (non-hydrogen) atoms. The molecular formula is C24H23F2N5O4. The van der Waals surface area contributed by atoms with Crippen LogP contribution in [0, 0.1) is 11.6 Å². The minimum atomic E-state index is -0.905. The summed E-state index contributed by atoms with van der Waals surface area (Å²) in [7, 11) is 1.60. The van der Waals surface area contributed by atoms with E-state index in [0.29, 0.717) is 12.2 Å². The molecule has 0 bridgehead atoms. The third kappa shape index (κ3) is 4.34. The number of halogens is 2. The zero-order valence-electron chi connectivity index (χ0n) is 19.0. The van der Waals surface area contributed by atoms with E-state index in [2.05, 4.69) is 10.3 Å². The fourth-order valence-electron chi connectivity index (χ4n) is 4.32. The minimum absolute atomic E-state index is 0.151. The fourth-order valence-corrected chi connectivity index (χ4v) is 4.32. The number of benzene rings is 2. The van der Waals surface area contributed by atoms with Gasteiger partial charge in [-0.15, -0.1) is 5.10 Å². The monoisotopic (exact) mass is 483 g/mol. The predicted octanol–water partition coefficient (Wildman–Crippen LogP) is 2.43. The van der Waals surface area contributed by atoms with E-state index in [1.807, 2.05) is 24.3 Å². The van der Waals surface area contributed by atoms with Gasteiger partial charge in [-0.3, -0.25) is 9.59 Å². The largest absolute Gasteiger partial charge is 0.497 e. The number of methoxy groups -OCH3 is 1. The number of hydrogen-bond donors (Lipinski definition) is 0. The van der Waals surface area contributed by atoms with Crippen molar-refractivity contribution in [1.82, 2.24) is 24.8 Å². The fraction of sp³-hybridized carbons (Fsp3) is 0.333. The zero-order chi connectivity index (χ0) is 24.5. The van der Waals surface area contributed by atoms with Crippen LogP contribution in [0.5, 0.6) is 5.75 Å². The van der Waals surface area contributed by atoms with Gasteiger partial charge < -0.3 is 19.3 Å². The van der Waals surface area contributed by atoms with Gasteiger partial charge >= 0.3 is 0 Å². The van der Waals surface area contributed by atoms with E-state index in [9.17, 15) is 18.4 Å². The van der Waals surface area contributed by atoms with Gasteiger partial charge in [0.05, 0.1) is 26.0 Å². The summed E-state index contributed by atoms with van der Waals surface area (Å²) in [6.45, 7) is 1.31. The average molecular weight is 483 g/mol. The number of ether oxygens (including phenoxy) is 2. The summed E-state index contributed by atoms with van der Waals surface area (Å²) in [5.74, 6) is -2.11. The van der Waals surface area contributed by atoms with E-state index in [1.165, 1.54) is 11.0 Å². The molecule has 1 atom stereocenters. The lowest BCUT2D eigenvalue weighted by Gasteiger charge is -2.34. The number of fused-ring (bicyclic) bond motifs is 1. The van der Waals surface area contributed by atoms with Crippen LogP contribution < -0.4 is 4.74 Å². The number of carbonyl (C=O) groups is 2. The normalized spacial score (nSPS) is 17.7. The Hall–Kier alpha value is -3.86. The Kier molecular flexibility index (Phi) is 6.16. The molecule has 0 saturated carbocycles. The lowest BCUT2D eigenvalue weighted by atomic mass is 10.1. The standard InChI is InChI=1S/C24H23F2N5O4/c1-34-16-7-5-15(6-8-16)20-13-31-19(14-35-20)22(27-28-31)24(33)30-11-9-29(10-12-30)23(32)21-17(25)3-2-4-18(21)26/h2-8,20H,9-14H2,1H3/t20-/m1/s1. The Morgan fingerprint density at radius 1 is 0.971 bits per heavy atom. The van der Waals surface area contributed by atoms with Gasteiger partial charge in [-0.25, -0.2) is 13.5 Å². The van der Waals surface area contributed by atoms with Crippen LogP contribution in [0.1, 0.15) is 38.2 Å². The van der Waals surface area contributed by atoms with Gasteiger partial charge in [-0.1, -0.05) is 23.4 Å². The summed E-state index contributed by atoms with van der Waals surface area (Å²) in [6, 6.07) is 10.9. The average Bonchev–Trinajstić information content (AvgIpc) is 3.31. The minimum Gasteiger partial charge on any atom is -0.497 e. The highest BCUT2D eigenvalue weighted by Crippen LogP contribution is 2.28. The maximum absolute atomic E-state index is 14.0. The van der Waals surface area contributed by atoms with Gasteiger partial charge in [-0.05, 0) is 29.8 Å². The highest BCUT2D eigenvalue weighted by molar-refractivity contribution is 5.96. The van der Waals surface area contributed by atoms with E-state index in [0.717, 1.165) is 23.4 Å². The summed E-state index contributed by atoms with van der Waals surface area (Å²) in [5, 5.41) is 8.25. The van der Waals surface area contributed by atoms with Gasteiger partial charge in [-0.2, -0.15) is 0 Å². The summed E-state index contributed by atoms with van der Waals surface area (Å²) in [6.07, 6.45) is -0.230. The highest BCUT2D eigenvalue weighted by atomic mass is 19.1. The molecule has 0 unspecified atom stereocenters.